The number of rotatable bonds is 7. The van der Waals surface area contributed by atoms with Gasteiger partial charge in [-0.15, -0.1) is 11.3 Å². The van der Waals surface area contributed by atoms with Crippen molar-refractivity contribution in [2.45, 2.75) is 97.8 Å². The van der Waals surface area contributed by atoms with Crippen LogP contribution < -0.4 is 14.8 Å². The van der Waals surface area contributed by atoms with Crippen LogP contribution in [0.2, 0.25) is 0 Å². The van der Waals surface area contributed by atoms with E-state index in [0.717, 1.165) is 32.1 Å². The van der Waals surface area contributed by atoms with E-state index in [0.29, 0.717) is 0 Å². The van der Waals surface area contributed by atoms with Crippen LogP contribution in [0.5, 0.6) is 0 Å². The Labute approximate surface area is 334 Å². The summed E-state index contributed by atoms with van der Waals surface area (Å²) in [4.78, 5) is 7.70. The van der Waals surface area contributed by atoms with Crippen molar-refractivity contribution in [2.75, 3.05) is 33.1 Å². The number of fused-ring (bicyclic) bond motifs is 2. The summed E-state index contributed by atoms with van der Waals surface area (Å²) in [6, 6.07) is 23.6. The fourth-order valence-corrected chi connectivity index (χ4v) is 9.71. The number of benzene rings is 3. The fraction of sp³-hybridized carbons (Fsp3) is 0.380. The molecule has 0 spiro atoms. The van der Waals surface area contributed by atoms with Gasteiger partial charge in [-0.2, -0.15) is 0 Å². The summed E-state index contributed by atoms with van der Waals surface area (Å²) < 4.78 is 2.20. The minimum absolute atomic E-state index is 0.0664. The van der Waals surface area contributed by atoms with E-state index in [1.165, 1.54) is 86.3 Å². The number of anilines is 1. The van der Waals surface area contributed by atoms with Crippen LogP contribution in [0, 0.1) is 5.41 Å². The van der Waals surface area contributed by atoms with Crippen molar-refractivity contribution in [1.82, 2.24) is 4.58 Å². The molecular weight excluding hydrogens is 693 g/mol. The van der Waals surface area contributed by atoms with E-state index < -0.39 is 0 Å². The Kier molecular flexibility index (Phi) is 11.9. The van der Waals surface area contributed by atoms with Crippen LogP contribution in [-0.2, 0) is 18.3 Å². The highest BCUT2D eigenvalue weighted by Gasteiger charge is 2.26. The molecule has 54 heavy (non-hydrogen) atoms. The van der Waals surface area contributed by atoms with Gasteiger partial charge in [0.05, 0.1) is 0 Å². The third kappa shape index (κ3) is 8.82. The van der Waals surface area contributed by atoms with E-state index in [1.54, 1.807) is 0 Å². The highest BCUT2D eigenvalue weighted by Crippen LogP contribution is 2.48. The maximum atomic E-state index is 2.46. The molecule has 4 heteroatoms. The summed E-state index contributed by atoms with van der Waals surface area (Å²) in [5, 5.41) is 1.24. The number of allylic oxidation sites excluding steroid dienone is 9. The van der Waals surface area contributed by atoms with E-state index in [9.17, 15) is 0 Å². The van der Waals surface area contributed by atoms with Crippen LogP contribution in [0.4, 0.5) is 5.69 Å². The average Bonchev–Trinajstić information content (AvgIpc) is 3.14. The Bertz CT molecular complexity index is 2230. The molecule has 0 saturated heterocycles. The van der Waals surface area contributed by atoms with Gasteiger partial charge in [-0.3, -0.25) is 0 Å². The maximum absolute atomic E-state index is 2.46. The highest BCUT2D eigenvalue weighted by molar-refractivity contribution is 8.03. The molecular formula is C50H61N2S2+. The normalized spacial score (nSPS) is 16.8. The molecule has 0 unspecified atom stereocenters. The smallest absolute Gasteiger partial charge is 0.200 e. The monoisotopic (exact) mass is 753 g/mol. The number of hydrogen-bond donors (Lipinski definition) is 0. The molecule has 2 heterocycles. The van der Waals surface area contributed by atoms with Crippen molar-refractivity contribution in [1.29, 1.82) is 0 Å². The van der Waals surface area contributed by atoms with Gasteiger partial charge in [-0.05, 0) is 134 Å². The standard InChI is InChI=1S/C50H61N2S2/c1-13-33-26-34(14-2)28-39(27-33)48-35(18-20-37-29-46(49(3,4)5)53-44-31-40(51(9)10)22-24-42(37)44)16-15-17-36(48)19-21-38-30-47(50(6,7)8)54-45-32-41(52(11)12)23-25-43(38)45/h18-32H,13-17H2,1-12H3/q+1. The Morgan fingerprint density at radius 1 is 0.759 bits per heavy atom. The molecule has 282 valence electrons. The van der Waals surface area contributed by atoms with Gasteiger partial charge in [0.15, 0.2) is 0 Å². The van der Waals surface area contributed by atoms with Gasteiger partial charge in [-0.25, -0.2) is 4.58 Å². The molecule has 0 saturated carbocycles. The van der Waals surface area contributed by atoms with Gasteiger partial charge in [-0.1, -0.05) is 116 Å². The predicted octanol–water partition coefficient (Wildman–Crippen LogP) is 13.1. The summed E-state index contributed by atoms with van der Waals surface area (Å²) in [6.07, 6.45) is 17.5. The molecule has 2 aromatic carbocycles. The Morgan fingerprint density at radius 2 is 1.46 bits per heavy atom. The molecule has 0 bridgehead atoms. The lowest BCUT2D eigenvalue weighted by Crippen LogP contribution is -2.21. The van der Waals surface area contributed by atoms with Crippen LogP contribution in [0.3, 0.4) is 0 Å². The van der Waals surface area contributed by atoms with Crippen molar-refractivity contribution in [3.05, 3.63) is 139 Å². The zero-order chi connectivity index (χ0) is 38.9. The van der Waals surface area contributed by atoms with Gasteiger partial charge in [0.1, 0.15) is 14.1 Å². The lowest BCUT2D eigenvalue weighted by molar-refractivity contribution is 0.533. The first-order valence-corrected chi connectivity index (χ1v) is 21.4. The number of nitrogens with zero attached hydrogens (tertiary/aromatic N) is 2. The number of aryl methyl sites for hydroxylation is 2. The fourth-order valence-electron chi connectivity index (χ4n) is 7.30. The molecule has 0 atom stereocenters. The number of thioether (sulfide) groups is 1. The van der Waals surface area contributed by atoms with Gasteiger partial charge in [0.25, 0.3) is 0 Å². The third-order valence-electron chi connectivity index (χ3n) is 10.7. The van der Waals surface area contributed by atoms with Crippen molar-refractivity contribution in [3.63, 3.8) is 0 Å². The SMILES string of the molecule is CCc1cc(CC)cc(C2=C(/C=C/c3cc(C(C)(C)C)sc4cc(=[N+](C)C)ccc3-4)CCC/C2=C\C=C2/C=C(C(C)(C)C)Sc3cc(N(C)C)ccc32)c1. The highest BCUT2D eigenvalue weighted by atomic mass is 32.2. The van der Waals surface area contributed by atoms with Crippen LogP contribution in [0.15, 0.2) is 106 Å². The summed E-state index contributed by atoms with van der Waals surface area (Å²) in [5.41, 5.74) is 15.1. The van der Waals surface area contributed by atoms with Crippen molar-refractivity contribution in [3.8, 4) is 10.4 Å². The van der Waals surface area contributed by atoms with Crippen LogP contribution in [-0.4, -0.2) is 28.2 Å². The first-order chi connectivity index (χ1) is 25.5. The van der Waals surface area contributed by atoms with E-state index in [1.807, 2.05) is 23.1 Å². The first-order valence-electron chi connectivity index (χ1n) is 19.8. The van der Waals surface area contributed by atoms with Gasteiger partial charge >= 0.3 is 0 Å². The molecule has 0 aromatic heterocycles. The van der Waals surface area contributed by atoms with Crippen LogP contribution >= 0.6 is 23.1 Å². The third-order valence-corrected chi connectivity index (χ3v) is 13.7. The van der Waals surface area contributed by atoms with E-state index in [4.69, 9.17) is 0 Å². The quantitative estimate of drug-likeness (QED) is 0.173. The summed E-state index contributed by atoms with van der Waals surface area (Å²) in [6.45, 7) is 18.6. The van der Waals surface area contributed by atoms with Gasteiger partial charge in [0.2, 0.25) is 5.36 Å². The van der Waals surface area contributed by atoms with Crippen molar-refractivity contribution in [2.24, 2.45) is 5.41 Å². The number of hydrogen-bond acceptors (Lipinski definition) is 3. The second kappa shape index (κ2) is 16.1. The first kappa shape index (κ1) is 39.8. The second-order valence-corrected chi connectivity index (χ2v) is 19.6. The molecule has 2 nitrogen and oxygen atoms in total. The van der Waals surface area contributed by atoms with Gasteiger partial charge in [0, 0.05) is 46.6 Å². The van der Waals surface area contributed by atoms with Crippen LogP contribution in [0.25, 0.3) is 27.7 Å². The lowest BCUT2D eigenvalue weighted by Gasteiger charge is -2.29. The summed E-state index contributed by atoms with van der Waals surface area (Å²) >= 11 is 3.86. The average molecular weight is 754 g/mol. The molecule has 0 fully saturated rings. The topological polar surface area (TPSA) is 6.25 Å². The predicted molar refractivity (Wildman–Crippen MR) is 242 cm³/mol. The molecule has 6 rings (SSSR count). The van der Waals surface area contributed by atoms with Crippen LogP contribution in [0.1, 0.15) is 107 Å². The molecule has 4 aliphatic rings. The molecule has 2 aromatic rings. The second-order valence-electron chi connectivity index (χ2n) is 17.5. The molecule has 0 amide bonds. The van der Waals surface area contributed by atoms with E-state index in [2.05, 4.69) is 184 Å². The largest absolute Gasteiger partial charge is 0.378 e. The zero-order valence-electron chi connectivity index (χ0n) is 34.9. The minimum atomic E-state index is 0.0664. The molecule has 2 aliphatic heterocycles. The van der Waals surface area contributed by atoms with E-state index >= 15 is 0 Å². The van der Waals surface area contributed by atoms with Crippen molar-refractivity contribution < 1.29 is 0 Å². The van der Waals surface area contributed by atoms with E-state index in [-0.39, 0.29) is 10.8 Å². The molecule has 2 aliphatic carbocycles. The zero-order valence-corrected chi connectivity index (χ0v) is 36.5. The minimum Gasteiger partial charge on any atom is -0.378 e. The summed E-state index contributed by atoms with van der Waals surface area (Å²) in [5.74, 6) is 0. The molecule has 0 radical (unpaired) electrons. The van der Waals surface area contributed by atoms with Gasteiger partial charge < -0.3 is 4.90 Å². The Morgan fingerprint density at radius 3 is 2.09 bits per heavy atom. The Hall–Kier alpha value is -3.86. The van der Waals surface area contributed by atoms with Crippen molar-refractivity contribution >= 4 is 46.0 Å². The Balaban J connectivity index is 1.55. The lowest BCUT2D eigenvalue weighted by atomic mass is 9.81. The molecule has 0 N–H and O–H groups in total. The maximum Gasteiger partial charge on any atom is 0.200 e. The summed E-state index contributed by atoms with van der Waals surface area (Å²) in [7, 11) is 8.51.